The van der Waals surface area contributed by atoms with E-state index in [1.165, 1.54) is 37.7 Å². The number of hydrogen-bond donors (Lipinski definition) is 2. The summed E-state index contributed by atoms with van der Waals surface area (Å²) in [5, 5.41) is 7.34. The summed E-state index contributed by atoms with van der Waals surface area (Å²) in [6.07, 6.45) is 0. The Morgan fingerprint density at radius 3 is 2.03 bits per heavy atom. The minimum Gasteiger partial charge on any atom is -0.380 e. The van der Waals surface area contributed by atoms with Gasteiger partial charge in [0.15, 0.2) is 0 Å². The number of anilines is 3. The fourth-order valence-electron chi connectivity index (χ4n) is 3.86. The highest BCUT2D eigenvalue weighted by Crippen LogP contribution is 2.35. The molecule has 0 atom stereocenters. The Bertz CT molecular complexity index is 1150. The normalized spacial score (nSPS) is 10.7. The Kier molecular flexibility index (Phi) is 6.63. The van der Waals surface area contributed by atoms with Crippen molar-refractivity contribution in [2.24, 2.45) is 0 Å². The zero-order valence-corrected chi connectivity index (χ0v) is 19.1. The van der Waals surface area contributed by atoms with E-state index in [2.05, 4.69) is 122 Å². The van der Waals surface area contributed by atoms with Crippen LogP contribution in [0.5, 0.6) is 0 Å². The van der Waals surface area contributed by atoms with Gasteiger partial charge in [-0.2, -0.15) is 0 Å². The van der Waals surface area contributed by atoms with Crippen LogP contribution in [0, 0.1) is 20.8 Å². The molecule has 0 bridgehead atoms. The van der Waals surface area contributed by atoms with Gasteiger partial charge in [-0.15, -0.1) is 0 Å². The maximum Gasteiger partial charge on any atom is 0.0526 e. The molecule has 4 rings (SSSR count). The molecule has 0 unspecified atom stereocenters. The zero-order chi connectivity index (χ0) is 21.6. The molecule has 0 saturated heterocycles. The van der Waals surface area contributed by atoms with Crippen LogP contribution in [0.3, 0.4) is 0 Å². The van der Waals surface area contributed by atoms with Gasteiger partial charge in [0.25, 0.3) is 0 Å². The first-order valence-corrected chi connectivity index (χ1v) is 11.4. The number of rotatable bonds is 7. The molecule has 0 fully saturated rings. The number of benzene rings is 4. The zero-order valence-electron chi connectivity index (χ0n) is 18.3. The van der Waals surface area contributed by atoms with Crippen LogP contribution in [0.2, 0.25) is 0 Å². The lowest BCUT2D eigenvalue weighted by atomic mass is 10.0. The van der Waals surface area contributed by atoms with E-state index in [9.17, 15) is 0 Å². The van der Waals surface area contributed by atoms with Crippen LogP contribution >= 0.6 is 11.8 Å². The van der Waals surface area contributed by atoms with Crippen molar-refractivity contribution in [1.82, 2.24) is 0 Å². The fourth-order valence-corrected chi connectivity index (χ4v) is 4.78. The van der Waals surface area contributed by atoms with Gasteiger partial charge in [0.05, 0.1) is 5.69 Å². The van der Waals surface area contributed by atoms with Gasteiger partial charge >= 0.3 is 0 Å². The third kappa shape index (κ3) is 5.31. The maximum absolute atomic E-state index is 3.68. The molecule has 4 aromatic carbocycles. The largest absolute Gasteiger partial charge is 0.380 e. The second-order valence-corrected chi connectivity index (χ2v) is 8.94. The second kappa shape index (κ2) is 9.76. The monoisotopic (exact) mass is 424 g/mol. The van der Waals surface area contributed by atoms with Crippen molar-refractivity contribution >= 4 is 28.8 Å². The first-order chi connectivity index (χ1) is 15.1. The van der Waals surface area contributed by atoms with E-state index in [-0.39, 0.29) is 0 Å². The fraction of sp³-hybridized carbons (Fsp3) is 0.143. The van der Waals surface area contributed by atoms with Gasteiger partial charge in [-0.25, -0.2) is 0 Å². The first kappa shape index (κ1) is 21.1. The molecule has 2 N–H and O–H groups in total. The topological polar surface area (TPSA) is 24.1 Å². The second-order valence-electron chi connectivity index (χ2n) is 7.82. The van der Waals surface area contributed by atoms with Crippen LogP contribution in [-0.2, 0) is 6.54 Å². The van der Waals surface area contributed by atoms with E-state index in [0.29, 0.717) is 0 Å². The lowest BCUT2D eigenvalue weighted by molar-refractivity contribution is 1.12. The van der Waals surface area contributed by atoms with Crippen LogP contribution < -0.4 is 10.6 Å². The molecule has 0 aliphatic carbocycles. The van der Waals surface area contributed by atoms with Crippen molar-refractivity contribution < 1.29 is 0 Å². The SMILES string of the molecule is Cc1cc(C)c(NCc2ccccc2Nc2ccccc2Sc2ccccc2)c(C)c1. The Morgan fingerprint density at radius 1 is 0.677 bits per heavy atom. The molecule has 0 aliphatic rings. The van der Waals surface area contributed by atoms with Crippen molar-refractivity contribution in [3.8, 4) is 0 Å². The van der Waals surface area contributed by atoms with E-state index in [1.54, 1.807) is 11.8 Å². The van der Waals surface area contributed by atoms with Crippen molar-refractivity contribution in [2.75, 3.05) is 10.6 Å². The average molecular weight is 425 g/mol. The highest BCUT2D eigenvalue weighted by atomic mass is 32.2. The number of aryl methyl sites for hydroxylation is 3. The van der Waals surface area contributed by atoms with E-state index in [0.717, 1.165) is 17.9 Å². The molecule has 4 aromatic rings. The van der Waals surface area contributed by atoms with Crippen molar-refractivity contribution in [1.29, 1.82) is 0 Å². The molecule has 0 spiro atoms. The maximum atomic E-state index is 3.68. The summed E-state index contributed by atoms with van der Waals surface area (Å²) in [6, 6.07) is 32.0. The molecule has 0 heterocycles. The van der Waals surface area contributed by atoms with Crippen LogP contribution in [0.25, 0.3) is 0 Å². The number of para-hydroxylation sites is 2. The molecule has 31 heavy (non-hydrogen) atoms. The van der Waals surface area contributed by atoms with E-state index < -0.39 is 0 Å². The Hall–Kier alpha value is -3.17. The molecule has 0 aromatic heterocycles. The molecule has 0 aliphatic heterocycles. The van der Waals surface area contributed by atoms with Gasteiger partial charge in [-0.1, -0.05) is 78.0 Å². The van der Waals surface area contributed by atoms with Gasteiger partial charge in [-0.3, -0.25) is 0 Å². The highest BCUT2D eigenvalue weighted by Gasteiger charge is 2.09. The van der Waals surface area contributed by atoms with Crippen LogP contribution in [0.1, 0.15) is 22.3 Å². The van der Waals surface area contributed by atoms with E-state index in [1.807, 2.05) is 0 Å². The summed E-state index contributed by atoms with van der Waals surface area (Å²) in [5.74, 6) is 0. The molecule has 3 heteroatoms. The Labute approximate surface area is 189 Å². The summed E-state index contributed by atoms with van der Waals surface area (Å²) in [7, 11) is 0. The van der Waals surface area contributed by atoms with Gasteiger partial charge in [0, 0.05) is 27.7 Å². The predicted octanol–water partition coefficient (Wildman–Crippen LogP) is 8.12. The molecule has 0 amide bonds. The van der Waals surface area contributed by atoms with E-state index in [4.69, 9.17) is 0 Å². The third-order valence-electron chi connectivity index (χ3n) is 5.28. The van der Waals surface area contributed by atoms with Gasteiger partial charge < -0.3 is 10.6 Å². The molecule has 0 saturated carbocycles. The first-order valence-electron chi connectivity index (χ1n) is 10.6. The average Bonchev–Trinajstić information content (AvgIpc) is 2.76. The molecule has 2 nitrogen and oxygen atoms in total. The Morgan fingerprint density at radius 2 is 1.29 bits per heavy atom. The standard InChI is InChI=1S/C28H28N2S/c1-20-17-21(2)28(22(3)18-20)29-19-23-11-7-8-14-25(23)30-26-15-9-10-16-27(26)31-24-12-5-4-6-13-24/h4-18,29-30H,19H2,1-3H3. The molecular weight excluding hydrogens is 396 g/mol. The third-order valence-corrected chi connectivity index (χ3v) is 6.36. The summed E-state index contributed by atoms with van der Waals surface area (Å²) >= 11 is 1.78. The highest BCUT2D eigenvalue weighted by molar-refractivity contribution is 7.99. The summed E-state index contributed by atoms with van der Waals surface area (Å²) < 4.78 is 0. The number of hydrogen-bond acceptors (Lipinski definition) is 3. The van der Waals surface area contributed by atoms with Gasteiger partial charge in [-0.05, 0) is 67.8 Å². The lowest BCUT2D eigenvalue weighted by Gasteiger charge is -2.18. The smallest absolute Gasteiger partial charge is 0.0526 e. The summed E-state index contributed by atoms with van der Waals surface area (Å²) in [4.78, 5) is 2.44. The van der Waals surface area contributed by atoms with Gasteiger partial charge in [0.2, 0.25) is 0 Å². The van der Waals surface area contributed by atoms with Gasteiger partial charge in [0.1, 0.15) is 0 Å². The minimum absolute atomic E-state index is 0.766. The van der Waals surface area contributed by atoms with Crippen LogP contribution in [-0.4, -0.2) is 0 Å². The minimum atomic E-state index is 0.766. The van der Waals surface area contributed by atoms with Crippen molar-refractivity contribution in [2.45, 2.75) is 37.1 Å². The number of nitrogens with one attached hydrogen (secondary N) is 2. The Balaban J connectivity index is 1.55. The lowest BCUT2D eigenvalue weighted by Crippen LogP contribution is -2.06. The van der Waals surface area contributed by atoms with Crippen molar-refractivity contribution in [3.63, 3.8) is 0 Å². The van der Waals surface area contributed by atoms with Crippen molar-refractivity contribution in [3.05, 3.63) is 113 Å². The molecule has 0 radical (unpaired) electrons. The molecule has 156 valence electrons. The van der Waals surface area contributed by atoms with Crippen LogP contribution in [0.15, 0.2) is 101 Å². The van der Waals surface area contributed by atoms with Crippen LogP contribution in [0.4, 0.5) is 17.1 Å². The quantitative estimate of drug-likeness (QED) is 0.313. The van der Waals surface area contributed by atoms with E-state index >= 15 is 0 Å². The summed E-state index contributed by atoms with van der Waals surface area (Å²) in [6.45, 7) is 7.25. The predicted molar refractivity (Wildman–Crippen MR) is 135 cm³/mol. The molecular formula is C28H28N2S. The summed E-state index contributed by atoms with van der Waals surface area (Å²) in [5.41, 5.74) is 8.57.